The molecule has 26 heavy (non-hydrogen) atoms. The van der Waals surface area contributed by atoms with E-state index in [1.807, 2.05) is 48.9 Å². The lowest BCUT2D eigenvalue weighted by Crippen LogP contribution is -2.36. The van der Waals surface area contributed by atoms with Crippen LogP contribution in [0.5, 0.6) is 0 Å². The highest BCUT2D eigenvalue weighted by atomic mass is 16.3. The largest absolute Gasteiger partial charge is 0.392 e. The summed E-state index contributed by atoms with van der Waals surface area (Å²) < 4.78 is 2.20. The van der Waals surface area contributed by atoms with Gasteiger partial charge in [0, 0.05) is 43.8 Å². The molecule has 1 aliphatic heterocycles. The molecule has 1 saturated heterocycles. The van der Waals surface area contributed by atoms with Crippen molar-refractivity contribution < 1.29 is 5.11 Å². The molecule has 134 valence electrons. The van der Waals surface area contributed by atoms with E-state index in [0.29, 0.717) is 5.92 Å². The highest BCUT2D eigenvalue weighted by molar-refractivity contribution is 5.42. The van der Waals surface area contributed by atoms with Gasteiger partial charge in [-0.1, -0.05) is 6.07 Å². The molecule has 0 radical (unpaired) electrons. The zero-order valence-electron chi connectivity index (χ0n) is 14.7. The van der Waals surface area contributed by atoms with E-state index in [1.165, 1.54) is 0 Å². The number of hydrogen-bond donors (Lipinski definition) is 1. The second-order valence-electron chi connectivity index (χ2n) is 6.70. The van der Waals surface area contributed by atoms with Gasteiger partial charge >= 0.3 is 0 Å². The third-order valence-corrected chi connectivity index (χ3v) is 4.91. The smallest absolute Gasteiger partial charge is 0.128 e. The maximum absolute atomic E-state index is 9.37. The average Bonchev–Trinajstić information content (AvgIpc) is 3.17. The molecule has 1 atom stereocenters. The minimum absolute atomic E-state index is 0.0429. The van der Waals surface area contributed by atoms with E-state index in [4.69, 9.17) is 0 Å². The van der Waals surface area contributed by atoms with E-state index in [9.17, 15) is 5.11 Å². The number of aromatic nitrogens is 4. The summed E-state index contributed by atoms with van der Waals surface area (Å²) in [6.07, 6.45) is 9.73. The first-order valence-electron chi connectivity index (χ1n) is 9.05. The van der Waals surface area contributed by atoms with Crippen molar-refractivity contribution in [3.8, 4) is 0 Å². The molecule has 1 aliphatic rings. The Morgan fingerprint density at radius 1 is 1.08 bits per heavy atom. The van der Waals surface area contributed by atoms with Crippen molar-refractivity contribution in [3.05, 3.63) is 72.2 Å². The molecular weight excluding hydrogens is 326 g/mol. The van der Waals surface area contributed by atoms with Crippen molar-refractivity contribution in [2.24, 2.45) is 0 Å². The molecule has 0 bridgehead atoms. The first-order valence-corrected chi connectivity index (χ1v) is 9.05. The van der Waals surface area contributed by atoms with E-state index in [0.717, 1.165) is 55.4 Å². The van der Waals surface area contributed by atoms with Gasteiger partial charge in [0.25, 0.3) is 0 Å². The Balaban J connectivity index is 1.52. The lowest BCUT2D eigenvalue weighted by molar-refractivity contribution is 0.281. The number of pyridine rings is 2. The summed E-state index contributed by atoms with van der Waals surface area (Å²) in [6.45, 7) is 2.66. The standard InChI is InChI=1S/C20H23N5O/c26-15-16-6-8-22-19(12-16)24-10-3-4-17(13-24)20-23-9-11-25(20)14-18-5-1-2-7-21-18/h1-2,5-9,11-12,17,26H,3-4,10,13-15H2. The molecule has 1 unspecified atom stereocenters. The van der Waals surface area contributed by atoms with Crippen LogP contribution in [0.15, 0.2) is 55.1 Å². The summed E-state index contributed by atoms with van der Waals surface area (Å²) in [5.74, 6) is 2.41. The Kier molecular flexibility index (Phi) is 4.93. The van der Waals surface area contributed by atoms with E-state index >= 15 is 0 Å². The minimum atomic E-state index is 0.0429. The third-order valence-electron chi connectivity index (χ3n) is 4.91. The van der Waals surface area contributed by atoms with Crippen LogP contribution in [-0.4, -0.2) is 37.7 Å². The fourth-order valence-corrected chi connectivity index (χ4v) is 3.61. The van der Waals surface area contributed by atoms with Gasteiger partial charge in [-0.2, -0.15) is 0 Å². The Hall–Kier alpha value is -2.73. The summed E-state index contributed by atoms with van der Waals surface area (Å²) in [5.41, 5.74) is 1.94. The maximum atomic E-state index is 9.37. The van der Waals surface area contributed by atoms with Crippen molar-refractivity contribution in [1.82, 2.24) is 19.5 Å². The maximum Gasteiger partial charge on any atom is 0.128 e. The third kappa shape index (κ3) is 3.60. The predicted octanol–water partition coefficient (Wildman–Crippen LogP) is 2.60. The van der Waals surface area contributed by atoms with Gasteiger partial charge in [-0.15, -0.1) is 0 Å². The number of hydrogen-bond acceptors (Lipinski definition) is 5. The van der Waals surface area contributed by atoms with Crippen LogP contribution >= 0.6 is 0 Å². The monoisotopic (exact) mass is 349 g/mol. The van der Waals surface area contributed by atoms with Gasteiger partial charge in [-0.25, -0.2) is 9.97 Å². The van der Waals surface area contributed by atoms with Crippen LogP contribution in [0.2, 0.25) is 0 Å². The quantitative estimate of drug-likeness (QED) is 0.767. The fourth-order valence-electron chi connectivity index (χ4n) is 3.61. The lowest BCUT2D eigenvalue weighted by atomic mass is 9.97. The number of nitrogens with zero attached hydrogens (tertiary/aromatic N) is 5. The number of imidazole rings is 1. The zero-order chi connectivity index (χ0) is 17.8. The summed E-state index contributed by atoms with van der Waals surface area (Å²) in [7, 11) is 0. The van der Waals surface area contributed by atoms with Gasteiger partial charge in [-0.3, -0.25) is 4.98 Å². The Labute approximate surface area is 153 Å². The first-order chi connectivity index (χ1) is 12.8. The lowest BCUT2D eigenvalue weighted by Gasteiger charge is -2.33. The Morgan fingerprint density at radius 2 is 2.04 bits per heavy atom. The van der Waals surface area contributed by atoms with E-state index in [-0.39, 0.29) is 6.61 Å². The van der Waals surface area contributed by atoms with Crippen molar-refractivity contribution in [2.45, 2.75) is 31.9 Å². The number of aliphatic hydroxyl groups excluding tert-OH is 1. The molecule has 1 N–H and O–H groups in total. The van der Waals surface area contributed by atoms with Crippen LogP contribution < -0.4 is 4.90 Å². The van der Waals surface area contributed by atoms with Gasteiger partial charge in [0.05, 0.1) is 18.8 Å². The normalized spacial score (nSPS) is 17.4. The van der Waals surface area contributed by atoms with Gasteiger partial charge in [0.2, 0.25) is 0 Å². The SMILES string of the molecule is OCc1ccnc(N2CCCC(c3nccn3Cc3ccccn3)C2)c1. The van der Waals surface area contributed by atoms with Gasteiger partial charge < -0.3 is 14.6 Å². The molecule has 0 aliphatic carbocycles. The van der Waals surface area contributed by atoms with Crippen molar-refractivity contribution in [1.29, 1.82) is 0 Å². The van der Waals surface area contributed by atoms with E-state index in [2.05, 4.69) is 24.4 Å². The zero-order valence-corrected chi connectivity index (χ0v) is 14.7. The number of rotatable bonds is 5. The van der Waals surface area contributed by atoms with E-state index in [1.54, 1.807) is 6.20 Å². The molecule has 0 amide bonds. The topological polar surface area (TPSA) is 67.1 Å². The second-order valence-corrected chi connectivity index (χ2v) is 6.70. The molecule has 0 aromatic carbocycles. The molecule has 3 aromatic heterocycles. The molecule has 0 spiro atoms. The minimum Gasteiger partial charge on any atom is -0.392 e. The summed E-state index contributed by atoms with van der Waals surface area (Å²) in [4.78, 5) is 15.9. The van der Waals surface area contributed by atoms with Crippen molar-refractivity contribution in [2.75, 3.05) is 18.0 Å². The average molecular weight is 349 g/mol. The van der Waals surface area contributed by atoms with Crippen LogP contribution in [0.4, 0.5) is 5.82 Å². The first kappa shape index (κ1) is 16.7. The molecule has 6 heteroatoms. The summed E-state index contributed by atoms with van der Waals surface area (Å²) >= 11 is 0. The summed E-state index contributed by atoms with van der Waals surface area (Å²) in [5, 5.41) is 9.37. The van der Waals surface area contributed by atoms with Crippen molar-refractivity contribution >= 4 is 5.82 Å². The second kappa shape index (κ2) is 7.66. The fraction of sp³-hybridized carbons (Fsp3) is 0.350. The predicted molar refractivity (Wildman–Crippen MR) is 99.9 cm³/mol. The molecule has 3 aromatic rings. The van der Waals surface area contributed by atoms with Gasteiger partial charge in [-0.05, 0) is 42.7 Å². The molecule has 6 nitrogen and oxygen atoms in total. The summed E-state index contributed by atoms with van der Waals surface area (Å²) in [6, 6.07) is 9.82. The molecule has 4 rings (SSSR count). The van der Waals surface area contributed by atoms with E-state index < -0.39 is 0 Å². The molecule has 4 heterocycles. The van der Waals surface area contributed by atoms with Crippen LogP contribution in [0.1, 0.15) is 35.8 Å². The van der Waals surface area contributed by atoms with Gasteiger partial charge in [0.15, 0.2) is 0 Å². The molecular formula is C20H23N5O. The number of anilines is 1. The number of piperidine rings is 1. The number of aliphatic hydroxyl groups is 1. The van der Waals surface area contributed by atoms with Crippen LogP contribution in [0.3, 0.4) is 0 Å². The van der Waals surface area contributed by atoms with Crippen molar-refractivity contribution in [3.63, 3.8) is 0 Å². The highest BCUT2D eigenvalue weighted by Gasteiger charge is 2.25. The van der Waals surface area contributed by atoms with Crippen LogP contribution in [-0.2, 0) is 13.2 Å². The molecule has 0 saturated carbocycles. The Bertz CT molecular complexity index is 848. The Morgan fingerprint density at radius 3 is 2.88 bits per heavy atom. The van der Waals surface area contributed by atoms with Crippen LogP contribution in [0.25, 0.3) is 0 Å². The van der Waals surface area contributed by atoms with Gasteiger partial charge in [0.1, 0.15) is 11.6 Å². The van der Waals surface area contributed by atoms with Crippen LogP contribution in [0, 0.1) is 0 Å². The molecule has 1 fully saturated rings. The highest BCUT2D eigenvalue weighted by Crippen LogP contribution is 2.29.